The maximum Gasteiger partial charge on any atom is 0.286 e. The van der Waals surface area contributed by atoms with Gasteiger partial charge in [-0.15, -0.1) is 0 Å². The molecule has 1 aliphatic heterocycles. The van der Waals surface area contributed by atoms with E-state index in [1.54, 1.807) is 61.7 Å². The van der Waals surface area contributed by atoms with Gasteiger partial charge in [-0.3, -0.25) is 19.3 Å². The van der Waals surface area contributed by atoms with Crippen molar-refractivity contribution in [3.05, 3.63) is 71.7 Å². The predicted octanol–water partition coefficient (Wildman–Crippen LogP) is 4.01. The van der Waals surface area contributed by atoms with E-state index >= 15 is 0 Å². The maximum absolute atomic E-state index is 12.8. The Balaban J connectivity index is 1.46. The largest absolute Gasteiger partial charge is 0.497 e. The molecule has 4 rings (SSSR count). The van der Waals surface area contributed by atoms with E-state index in [9.17, 15) is 14.4 Å². The molecule has 9 heteroatoms. The average Bonchev–Trinajstić information content (AvgIpc) is 3.37. The third kappa shape index (κ3) is 5.86. The second-order valence-electron chi connectivity index (χ2n) is 8.22. The number of carbonyl (C=O) groups excluding carboxylic acids is 3. The van der Waals surface area contributed by atoms with E-state index in [0.29, 0.717) is 40.8 Å². The summed E-state index contributed by atoms with van der Waals surface area (Å²) in [6.07, 6.45) is 1.85. The number of rotatable bonds is 11. The van der Waals surface area contributed by atoms with Crippen LogP contribution in [0.3, 0.4) is 0 Å². The highest BCUT2D eigenvalue weighted by atomic mass is 16.5. The molecule has 0 unspecified atom stereocenters. The minimum absolute atomic E-state index is 0.0926. The number of hydrogen-bond donors (Lipinski definition) is 1. The lowest BCUT2D eigenvalue weighted by Crippen LogP contribution is -2.38. The number of furan rings is 1. The lowest BCUT2D eigenvalue weighted by molar-refractivity contribution is -0.121. The molecule has 0 radical (unpaired) electrons. The number of ketones is 1. The Labute approximate surface area is 208 Å². The van der Waals surface area contributed by atoms with E-state index < -0.39 is 0 Å². The van der Waals surface area contributed by atoms with Crippen LogP contribution in [0.4, 0.5) is 5.69 Å². The first-order valence-electron chi connectivity index (χ1n) is 11.7. The van der Waals surface area contributed by atoms with E-state index in [1.165, 1.54) is 4.90 Å². The number of ether oxygens (including phenoxy) is 3. The van der Waals surface area contributed by atoms with Crippen molar-refractivity contribution in [2.45, 2.75) is 26.3 Å². The fourth-order valence-electron chi connectivity index (χ4n) is 3.68. The number of amides is 2. The summed E-state index contributed by atoms with van der Waals surface area (Å²) in [5, 5.41) is 2.80. The second-order valence-corrected chi connectivity index (χ2v) is 8.22. The molecule has 0 saturated carbocycles. The van der Waals surface area contributed by atoms with Crippen LogP contribution in [0.5, 0.6) is 17.2 Å². The van der Waals surface area contributed by atoms with E-state index in [0.717, 1.165) is 12.8 Å². The van der Waals surface area contributed by atoms with E-state index in [-0.39, 0.29) is 43.1 Å². The summed E-state index contributed by atoms with van der Waals surface area (Å²) in [6.45, 7) is 2.38. The molecule has 2 aromatic carbocycles. The summed E-state index contributed by atoms with van der Waals surface area (Å²) in [5.74, 6) is 1.38. The zero-order chi connectivity index (χ0) is 25.5. The Morgan fingerprint density at radius 1 is 1.08 bits per heavy atom. The average molecular weight is 493 g/mol. The molecule has 0 aliphatic carbocycles. The van der Waals surface area contributed by atoms with Crippen LogP contribution in [0.2, 0.25) is 0 Å². The molecule has 0 spiro atoms. The first-order valence-corrected chi connectivity index (χ1v) is 11.7. The number of nitrogens with zero attached hydrogens (tertiary/aromatic N) is 1. The Hall–Kier alpha value is -4.27. The molecule has 0 saturated heterocycles. The SMILES string of the molecule is CCCCNC(=O)c1ccc(CN2C(=O)COc3ccc(C(=O)COc4cccc(OC)c4)cc32)o1. The number of hydrogen-bond acceptors (Lipinski definition) is 7. The van der Waals surface area contributed by atoms with Crippen LogP contribution >= 0.6 is 0 Å². The molecule has 1 aliphatic rings. The van der Waals surface area contributed by atoms with Gasteiger partial charge in [-0.25, -0.2) is 0 Å². The molecule has 36 heavy (non-hydrogen) atoms. The first kappa shape index (κ1) is 24.8. The van der Waals surface area contributed by atoms with E-state index in [2.05, 4.69) is 5.32 Å². The van der Waals surface area contributed by atoms with Crippen LogP contribution in [0, 0.1) is 0 Å². The topological polar surface area (TPSA) is 107 Å². The van der Waals surface area contributed by atoms with E-state index in [4.69, 9.17) is 18.6 Å². The molecular weight excluding hydrogens is 464 g/mol. The van der Waals surface area contributed by atoms with Crippen molar-refractivity contribution in [3.8, 4) is 17.2 Å². The van der Waals surface area contributed by atoms with Crippen molar-refractivity contribution in [1.29, 1.82) is 0 Å². The number of fused-ring (bicyclic) bond motifs is 1. The summed E-state index contributed by atoms with van der Waals surface area (Å²) < 4.78 is 22.0. The summed E-state index contributed by atoms with van der Waals surface area (Å²) >= 11 is 0. The number of carbonyl (C=O) groups is 3. The van der Waals surface area contributed by atoms with Crippen LogP contribution in [0.25, 0.3) is 0 Å². The van der Waals surface area contributed by atoms with Crippen LogP contribution in [0.15, 0.2) is 59.0 Å². The van der Waals surface area contributed by atoms with Crippen molar-refractivity contribution in [1.82, 2.24) is 5.32 Å². The summed E-state index contributed by atoms with van der Waals surface area (Å²) in [5.41, 5.74) is 0.819. The fourth-order valence-corrected chi connectivity index (χ4v) is 3.68. The molecule has 2 amide bonds. The van der Waals surface area contributed by atoms with Crippen LogP contribution < -0.4 is 24.4 Å². The number of benzene rings is 2. The molecule has 2 heterocycles. The number of Topliss-reactive ketones (excluding diaryl/α,β-unsaturated/α-hetero) is 1. The molecule has 1 aromatic heterocycles. The third-order valence-corrected chi connectivity index (χ3v) is 5.65. The highest BCUT2D eigenvalue weighted by Crippen LogP contribution is 2.34. The second kappa shape index (κ2) is 11.4. The number of anilines is 1. The van der Waals surface area contributed by atoms with Gasteiger partial charge in [0.05, 0.1) is 19.3 Å². The van der Waals surface area contributed by atoms with Gasteiger partial charge in [-0.2, -0.15) is 0 Å². The minimum Gasteiger partial charge on any atom is -0.497 e. The van der Waals surface area contributed by atoms with Gasteiger partial charge in [0, 0.05) is 18.2 Å². The lowest BCUT2D eigenvalue weighted by Gasteiger charge is -2.29. The van der Waals surface area contributed by atoms with Crippen molar-refractivity contribution in [2.75, 3.05) is 31.8 Å². The number of methoxy groups -OCH3 is 1. The Bertz CT molecular complexity index is 1250. The van der Waals surface area contributed by atoms with Crippen LogP contribution in [0.1, 0.15) is 46.4 Å². The molecule has 0 atom stereocenters. The Morgan fingerprint density at radius 2 is 1.92 bits per heavy atom. The van der Waals surface area contributed by atoms with Gasteiger partial charge >= 0.3 is 0 Å². The number of unbranched alkanes of at least 4 members (excludes halogenated alkanes) is 1. The molecule has 0 bridgehead atoms. The van der Waals surface area contributed by atoms with Crippen LogP contribution in [-0.2, 0) is 11.3 Å². The monoisotopic (exact) mass is 492 g/mol. The van der Waals surface area contributed by atoms with E-state index in [1.807, 2.05) is 6.92 Å². The summed E-state index contributed by atoms with van der Waals surface area (Å²) in [4.78, 5) is 39.2. The van der Waals surface area contributed by atoms with Crippen molar-refractivity contribution in [2.24, 2.45) is 0 Å². The quantitative estimate of drug-likeness (QED) is 0.318. The van der Waals surface area contributed by atoms with Crippen molar-refractivity contribution < 1.29 is 33.0 Å². The maximum atomic E-state index is 12.8. The van der Waals surface area contributed by atoms with Crippen molar-refractivity contribution in [3.63, 3.8) is 0 Å². The predicted molar refractivity (Wildman–Crippen MR) is 132 cm³/mol. The van der Waals surface area contributed by atoms with Gasteiger partial charge in [0.25, 0.3) is 11.8 Å². The van der Waals surface area contributed by atoms with Gasteiger partial charge in [0.1, 0.15) is 23.0 Å². The molecule has 3 aromatic rings. The molecule has 1 N–H and O–H groups in total. The number of nitrogens with one attached hydrogen (secondary N) is 1. The van der Waals surface area contributed by atoms with Crippen molar-refractivity contribution >= 4 is 23.3 Å². The van der Waals surface area contributed by atoms with Gasteiger partial charge in [-0.05, 0) is 48.9 Å². The first-order chi connectivity index (χ1) is 17.5. The lowest BCUT2D eigenvalue weighted by atomic mass is 10.1. The molecule has 9 nitrogen and oxygen atoms in total. The third-order valence-electron chi connectivity index (χ3n) is 5.65. The molecule has 0 fully saturated rings. The van der Waals surface area contributed by atoms with Crippen LogP contribution in [-0.4, -0.2) is 44.5 Å². The Morgan fingerprint density at radius 3 is 2.72 bits per heavy atom. The highest BCUT2D eigenvalue weighted by molar-refractivity contribution is 6.02. The summed E-state index contributed by atoms with van der Waals surface area (Å²) in [7, 11) is 1.55. The fraction of sp³-hybridized carbons (Fsp3) is 0.296. The summed E-state index contributed by atoms with van der Waals surface area (Å²) in [6, 6.07) is 15.1. The zero-order valence-electron chi connectivity index (χ0n) is 20.2. The Kier molecular flexibility index (Phi) is 7.89. The van der Waals surface area contributed by atoms with Gasteiger partial charge in [-0.1, -0.05) is 19.4 Å². The zero-order valence-corrected chi connectivity index (χ0v) is 20.2. The van der Waals surface area contributed by atoms with Gasteiger partial charge < -0.3 is 23.9 Å². The molecule has 188 valence electrons. The van der Waals surface area contributed by atoms with Gasteiger partial charge in [0.2, 0.25) is 0 Å². The highest BCUT2D eigenvalue weighted by Gasteiger charge is 2.28. The minimum atomic E-state index is -0.299. The van der Waals surface area contributed by atoms with Gasteiger partial charge in [0.15, 0.2) is 24.8 Å². The normalized spacial score (nSPS) is 12.5. The standard InChI is InChI=1S/C27H28N2O7/c1-3-4-12-28-27(32)25-11-9-21(36-25)15-29-22-13-18(8-10-24(22)35-17-26(29)31)23(30)16-34-20-7-5-6-19(14-20)33-2/h5-11,13-14H,3-4,12,15-17H2,1-2H3,(H,28,32). The molecular formula is C27H28N2O7. The smallest absolute Gasteiger partial charge is 0.286 e.